The van der Waals surface area contributed by atoms with Gasteiger partial charge in [-0.1, -0.05) is 42.5 Å². The van der Waals surface area contributed by atoms with Gasteiger partial charge in [0.1, 0.15) is 5.82 Å². The van der Waals surface area contributed by atoms with E-state index in [1.807, 2.05) is 6.08 Å². The van der Waals surface area contributed by atoms with E-state index in [1.165, 1.54) is 25.3 Å². The van der Waals surface area contributed by atoms with Crippen LogP contribution in [0.5, 0.6) is 0 Å². The van der Waals surface area contributed by atoms with Crippen molar-refractivity contribution in [1.29, 1.82) is 0 Å². The van der Waals surface area contributed by atoms with Crippen molar-refractivity contribution in [2.45, 2.75) is 70.8 Å². The standard InChI is InChI=1S/C42H41F7N2O4/c1-4-55-39(53)17-27-10-12-29(13-11-27)36-21-35(34-15-14-33(43)16-26(34)2)37(22-50-36)51-23-38(52)40(3,25-54-24-28-8-6-5-7-9-28)30-18-31(41(44,45)46)20-32(19-30)42(47,48)49/h5-9,12,14-16,18-22,27,51H,4,10-11,13,17,23-25H2,1-3H3. The summed E-state index contributed by atoms with van der Waals surface area (Å²) in [5.74, 6) is -1.35. The molecule has 6 nitrogen and oxygen atoms in total. The van der Waals surface area contributed by atoms with Gasteiger partial charge in [0.15, 0.2) is 5.78 Å². The normalized spacial score (nSPS) is 15.9. The predicted octanol–water partition coefficient (Wildman–Crippen LogP) is 10.5. The molecule has 0 fully saturated rings. The molecule has 1 aliphatic rings. The van der Waals surface area contributed by atoms with Gasteiger partial charge in [0.05, 0.1) is 60.5 Å². The Morgan fingerprint density at radius 1 is 0.891 bits per heavy atom. The van der Waals surface area contributed by atoms with Gasteiger partial charge in [-0.15, -0.1) is 0 Å². The van der Waals surface area contributed by atoms with Gasteiger partial charge < -0.3 is 14.8 Å². The number of aryl methyl sites for hydroxylation is 1. The summed E-state index contributed by atoms with van der Waals surface area (Å²) in [5, 5.41) is 3.02. The van der Waals surface area contributed by atoms with Crippen LogP contribution in [0.15, 0.2) is 85.1 Å². The minimum atomic E-state index is -5.13. The van der Waals surface area contributed by atoms with E-state index in [0.29, 0.717) is 71.6 Å². The monoisotopic (exact) mass is 770 g/mol. The first kappa shape index (κ1) is 41.1. The number of hydrogen-bond donors (Lipinski definition) is 1. The maximum Gasteiger partial charge on any atom is 0.416 e. The number of ketones is 1. The van der Waals surface area contributed by atoms with Gasteiger partial charge >= 0.3 is 18.3 Å². The number of ether oxygens (including phenoxy) is 2. The summed E-state index contributed by atoms with van der Waals surface area (Å²) >= 11 is 0. The first-order chi connectivity index (χ1) is 26.0. The predicted molar refractivity (Wildman–Crippen MR) is 194 cm³/mol. The SMILES string of the molecule is CCOC(=O)CC1CC=C(c2cc(-c3ccc(F)cc3C)c(NCC(=O)C(C)(COCc3ccccc3)c3cc(C(F)(F)F)cc(C(F)(F)F)c3)cn2)CC1. The average molecular weight is 771 g/mol. The van der Waals surface area contributed by atoms with Crippen LogP contribution in [0.25, 0.3) is 16.7 Å². The Labute approximate surface area is 314 Å². The molecule has 2 atom stereocenters. The highest BCUT2D eigenvalue weighted by atomic mass is 19.4. The highest BCUT2D eigenvalue weighted by molar-refractivity contribution is 5.94. The van der Waals surface area contributed by atoms with E-state index >= 15 is 0 Å². The third-order valence-corrected chi connectivity index (χ3v) is 9.77. The number of Topliss-reactive ketones (excluding diaryl/α,β-unsaturated/α-hetero) is 1. The maximum atomic E-state index is 14.2. The zero-order valence-corrected chi connectivity index (χ0v) is 30.5. The first-order valence-corrected chi connectivity index (χ1v) is 17.8. The molecule has 1 heterocycles. The topological polar surface area (TPSA) is 77.5 Å². The van der Waals surface area contributed by atoms with Crippen LogP contribution in [-0.2, 0) is 43.4 Å². The average Bonchev–Trinajstić information content (AvgIpc) is 3.14. The van der Waals surface area contributed by atoms with Crippen molar-refractivity contribution in [3.63, 3.8) is 0 Å². The molecule has 55 heavy (non-hydrogen) atoms. The van der Waals surface area contributed by atoms with Gasteiger partial charge in [0.25, 0.3) is 0 Å². The number of nitrogens with one attached hydrogen (secondary N) is 1. The number of aromatic nitrogens is 1. The second kappa shape index (κ2) is 17.2. The second-order valence-electron chi connectivity index (χ2n) is 13.8. The number of hydrogen-bond acceptors (Lipinski definition) is 6. The smallest absolute Gasteiger partial charge is 0.416 e. The van der Waals surface area contributed by atoms with Gasteiger partial charge in [0, 0.05) is 12.0 Å². The number of carbonyl (C=O) groups excluding carboxylic acids is 2. The number of carbonyl (C=O) groups is 2. The molecule has 0 aliphatic heterocycles. The molecule has 13 heteroatoms. The summed E-state index contributed by atoms with van der Waals surface area (Å²) in [4.78, 5) is 30.9. The summed E-state index contributed by atoms with van der Waals surface area (Å²) in [5.41, 5.74) is -1.30. The molecule has 0 bridgehead atoms. The van der Waals surface area contributed by atoms with E-state index in [4.69, 9.17) is 9.47 Å². The lowest BCUT2D eigenvalue weighted by Crippen LogP contribution is -2.41. The molecule has 0 radical (unpaired) electrons. The third-order valence-electron chi connectivity index (χ3n) is 9.77. The van der Waals surface area contributed by atoms with Crippen LogP contribution in [0.3, 0.4) is 0 Å². The van der Waals surface area contributed by atoms with E-state index in [9.17, 15) is 40.3 Å². The van der Waals surface area contributed by atoms with Crippen molar-refractivity contribution >= 4 is 23.0 Å². The van der Waals surface area contributed by atoms with E-state index in [2.05, 4.69) is 10.3 Å². The molecule has 0 saturated heterocycles. The molecular formula is C42H41F7N2O4. The molecule has 3 aromatic carbocycles. The second-order valence-corrected chi connectivity index (χ2v) is 13.8. The number of rotatable bonds is 14. The van der Waals surface area contributed by atoms with Gasteiger partial charge in [-0.05, 0) is 110 Å². The number of halogens is 7. The number of allylic oxidation sites excluding steroid dienone is 2. The largest absolute Gasteiger partial charge is 0.466 e. The maximum absolute atomic E-state index is 14.2. The van der Waals surface area contributed by atoms with E-state index < -0.39 is 59.2 Å². The quantitative estimate of drug-likeness (QED) is 0.102. The molecule has 1 aliphatic carbocycles. The van der Waals surface area contributed by atoms with Crippen molar-refractivity contribution in [3.05, 3.63) is 124 Å². The number of alkyl halides is 6. The lowest BCUT2D eigenvalue weighted by Gasteiger charge is -2.30. The van der Waals surface area contributed by atoms with Gasteiger partial charge in [-0.3, -0.25) is 14.6 Å². The number of anilines is 1. The fourth-order valence-electron chi connectivity index (χ4n) is 6.60. The summed E-state index contributed by atoms with van der Waals surface area (Å²) in [7, 11) is 0. The summed E-state index contributed by atoms with van der Waals surface area (Å²) in [6, 6.07) is 15.8. The minimum absolute atomic E-state index is 0.0182. The van der Waals surface area contributed by atoms with Crippen LogP contribution in [0, 0.1) is 18.7 Å². The highest BCUT2D eigenvalue weighted by Gasteiger charge is 2.42. The molecule has 0 amide bonds. The number of pyridine rings is 1. The number of esters is 1. The van der Waals surface area contributed by atoms with Crippen LogP contribution in [0.4, 0.5) is 36.4 Å². The van der Waals surface area contributed by atoms with E-state index in [0.717, 1.165) is 12.0 Å². The summed E-state index contributed by atoms with van der Waals surface area (Å²) < 4.78 is 109. The zero-order chi connectivity index (χ0) is 40.0. The van der Waals surface area contributed by atoms with Gasteiger partial charge in [-0.25, -0.2) is 4.39 Å². The molecular weight excluding hydrogens is 729 g/mol. The molecule has 2 unspecified atom stereocenters. The van der Waals surface area contributed by atoms with Gasteiger partial charge in [-0.2, -0.15) is 26.3 Å². The zero-order valence-electron chi connectivity index (χ0n) is 30.5. The van der Waals surface area contributed by atoms with Crippen molar-refractivity contribution < 1.29 is 49.8 Å². The summed E-state index contributed by atoms with van der Waals surface area (Å²) in [6.45, 7) is 3.90. The lowest BCUT2D eigenvalue weighted by molar-refractivity contribution is -0.145. The Kier molecular flexibility index (Phi) is 12.8. The van der Waals surface area contributed by atoms with Crippen molar-refractivity contribution in [2.75, 3.05) is 25.1 Å². The number of benzene rings is 3. The van der Waals surface area contributed by atoms with Gasteiger partial charge in [0.2, 0.25) is 0 Å². The Bertz CT molecular complexity index is 2000. The number of nitrogens with zero attached hydrogens (tertiary/aromatic N) is 1. The minimum Gasteiger partial charge on any atom is -0.466 e. The van der Waals surface area contributed by atoms with Crippen LogP contribution in [0.1, 0.15) is 73.0 Å². The third kappa shape index (κ3) is 10.4. The Morgan fingerprint density at radius 2 is 1.56 bits per heavy atom. The van der Waals surface area contributed by atoms with Crippen LogP contribution < -0.4 is 5.32 Å². The summed E-state index contributed by atoms with van der Waals surface area (Å²) in [6.07, 6.45) is -4.48. The van der Waals surface area contributed by atoms with Crippen LogP contribution in [0.2, 0.25) is 0 Å². The molecule has 1 aromatic heterocycles. The van der Waals surface area contributed by atoms with E-state index in [1.54, 1.807) is 56.3 Å². The molecule has 4 aromatic rings. The Morgan fingerprint density at radius 3 is 2.16 bits per heavy atom. The Balaban J connectivity index is 1.48. The molecule has 1 N–H and O–H groups in total. The first-order valence-electron chi connectivity index (χ1n) is 17.8. The van der Waals surface area contributed by atoms with Crippen molar-refractivity contribution in [1.82, 2.24) is 4.98 Å². The molecule has 292 valence electrons. The fourth-order valence-corrected chi connectivity index (χ4v) is 6.60. The van der Waals surface area contributed by atoms with Crippen LogP contribution >= 0.6 is 0 Å². The highest BCUT2D eigenvalue weighted by Crippen LogP contribution is 2.41. The fraction of sp³-hybridized carbons (Fsp3) is 0.357. The molecule has 0 saturated carbocycles. The van der Waals surface area contributed by atoms with Crippen LogP contribution in [-0.4, -0.2) is 36.5 Å². The van der Waals surface area contributed by atoms with Crippen molar-refractivity contribution in [2.24, 2.45) is 5.92 Å². The lowest BCUT2D eigenvalue weighted by atomic mass is 9.77. The molecule has 0 spiro atoms. The Hall–Kier alpha value is -5.04. The van der Waals surface area contributed by atoms with E-state index in [-0.39, 0.29) is 24.6 Å². The van der Waals surface area contributed by atoms with Crippen molar-refractivity contribution in [3.8, 4) is 11.1 Å². The molecule has 5 rings (SSSR count).